The van der Waals surface area contributed by atoms with Crippen LogP contribution in [0, 0.1) is 12.7 Å². The summed E-state index contributed by atoms with van der Waals surface area (Å²) in [5, 5.41) is 0.830. The number of nitrogens with zero attached hydrogens (tertiary/aromatic N) is 1. The number of nitrogens with one attached hydrogen (secondary N) is 1. The number of H-pyrrole nitrogens is 1. The van der Waals surface area contributed by atoms with Crippen LogP contribution < -0.4 is 0 Å². The van der Waals surface area contributed by atoms with Crippen LogP contribution >= 0.6 is 0 Å². The van der Waals surface area contributed by atoms with E-state index in [9.17, 15) is 14.0 Å². The van der Waals surface area contributed by atoms with Gasteiger partial charge in [-0.15, -0.1) is 0 Å². The first-order valence-corrected chi connectivity index (χ1v) is 10.3. The summed E-state index contributed by atoms with van der Waals surface area (Å²) < 4.78 is 50.2. The summed E-state index contributed by atoms with van der Waals surface area (Å²) in [6.45, 7) is 3.66. The highest BCUT2D eigenvalue weighted by molar-refractivity contribution is 6.18. The number of aromatic amines is 1. The van der Waals surface area contributed by atoms with E-state index in [1.807, 2.05) is 38.1 Å². The van der Waals surface area contributed by atoms with Crippen LogP contribution in [-0.2, 0) is 14.9 Å². The molecule has 1 aromatic heterocycles. The van der Waals surface area contributed by atoms with Crippen molar-refractivity contribution in [3.63, 3.8) is 0 Å². The first-order valence-electron chi connectivity index (χ1n) is 12.3. The molecule has 32 heavy (non-hydrogen) atoms. The van der Waals surface area contributed by atoms with Crippen LogP contribution in [0.1, 0.15) is 60.3 Å². The fourth-order valence-electron chi connectivity index (χ4n) is 4.19. The van der Waals surface area contributed by atoms with Crippen LogP contribution in [0.2, 0.25) is 0 Å². The van der Waals surface area contributed by atoms with Crippen molar-refractivity contribution in [2.75, 3.05) is 6.54 Å². The second kappa shape index (κ2) is 7.93. The molecule has 2 heterocycles. The molecule has 0 aliphatic carbocycles. The molecule has 3 aromatic rings. The SMILES string of the molecule is [2H]C([2H])([2H])C([2H])(C)OC(=O)C1=CN(C(=O)c2ccc(C)c(F)c2)CC(C)(C)c2c1[nH]c1ccccc21. The molecule has 0 saturated carbocycles. The number of halogens is 1. The van der Waals surface area contributed by atoms with Crippen molar-refractivity contribution in [2.24, 2.45) is 0 Å². The van der Waals surface area contributed by atoms with E-state index in [-0.39, 0.29) is 17.7 Å². The van der Waals surface area contributed by atoms with Gasteiger partial charge in [0.15, 0.2) is 0 Å². The Morgan fingerprint density at radius 3 is 2.75 bits per heavy atom. The molecule has 1 aliphatic rings. The third kappa shape index (κ3) is 3.81. The number of amides is 1. The number of fused-ring (bicyclic) bond motifs is 3. The molecule has 0 bridgehead atoms. The van der Waals surface area contributed by atoms with Crippen molar-refractivity contribution in [3.05, 3.63) is 76.9 Å². The lowest BCUT2D eigenvalue weighted by Crippen LogP contribution is -2.37. The van der Waals surface area contributed by atoms with Gasteiger partial charge in [0, 0.05) is 38.7 Å². The molecule has 6 heteroatoms. The van der Waals surface area contributed by atoms with Gasteiger partial charge < -0.3 is 14.6 Å². The maximum absolute atomic E-state index is 14.2. The lowest BCUT2D eigenvalue weighted by Gasteiger charge is -2.29. The molecule has 166 valence electrons. The van der Waals surface area contributed by atoms with Crippen molar-refractivity contribution in [1.29, 1.82) is 0 Å². The van der Waals surface area contributed by atoms with E-state index in [0.717, 1.165) is 29.5 Å². The normalized spacial score (nSPS) is 19.4. The number of aromatic nitrogens is 1. The molecule has 5 nitrogen and oxygen atoms in total. The van der Waals surface area contributed by atoms with Gasteiger partial charge in [-0.05, 0) is 50.0 Å². The molecule has 4 rings (SSSR count). The van der Waals surface area contributed by atoms with Crippen LogP contribution in [0.3, 0.4) is 0 Å². The average Bonchev–Trinajstić information content (AvgIpc) is 3.11. The Morgan fingerprint density at radius 2 is 2.03 bits per heavy atom. The number of benzene rings is 2. The van der Waals surface area contributed by atoms with Gasteiger partial charge in [0.25, 0.3) is 5.91 Å². The minimum atomic E-state index is -2.90. The van der Waals surface area contributed by atoms with Gasteiger partial charge in [-0.3, -0.25) is 4.79 Å². The zero-order chi connectivity index (χ0) is 26.6. The number of ether oxygens (including phenoxy) is 1. The molecule has 1 aliphatic heterocycles. The number of aryl methyl sites for hydroxylation is 1. The summed E-state index contributed by atoms with van der Waals surface area (Å²) in [5.74, 6) is -2.13. The highest BCUT2D eigenvalue weighted by Gasteiger charge is 2.37. The fraction of sp³-hybridized carbons (Fsp3) is 0.308. The van der Waals surface area contributed by atoms with Crippen molar-refractivity contribution < 1.29 is 24.2 Å². The maximum atomic E-state index is 14.2. The zero-order valence-electron chi connectivity index (χ0n) is 22.4. The largest absolute Gasteiger partial charge is 0.459 e. The number of carbonyl (C=O) groups is 2. The highest BCUT2D eigenvalue weighted by Crippen LogP contribution is 2.40. The summed E-state index contributed by atoms with van der Waals surface area (Å²) in [6, 6.07) is 11.6. The van der Waals surface area contributed by atoms with E-state index in [0.29, 0.717) is 11.3 Å². The predicted octanol–water partition coefficient (Wildman–Crippen LogP) is 5.34. The molecular formula is C26H27FN2O3. The van der Waals surface area contributed by atoms with Gasteiger partial charge in [0.2, 0.25) is 0 Å². The highest BCUT2D eigenvalue weighted by atomic mass is 19.1. The molecule has 0 spiro atoms. The minimum absolute atomic E-state index is 0.0982. The molecule has 0 saturated heterocycles. The summed E-state index contributed by atoms with van der Waals surface area (Å²) in [6.07, 6.45) is -1.23. The third-order valence-corrected chi connectivity index (χ3v) is 5.65. The van der Waals surface area contributed by atoms with Gasteiger partial charge in [0.05, 0.1) is 18.7 Å². The number of hydrogen-bond donors (Lipinski definition) is 1. The molecule has 1 N–H and O–H groups in total. The Morgan fingerprint density at radius 1 is 1.28 bits per heavy atom. The smallest absolute Gasteiger partial charge is 0.342 e. The fourth-order valence-corrected chi connectivity index (χ4v) is 4.19. The topological polar surface area (TPSA) is 62.4 Å². The molecule has 2 aromatic carbocycles. The number of para-hydroxylation sites is 1. The van der Waals surface area contributed by atoms with Crippen LogP contribution in [0.25, 0.3) is 16.5 Å². The van der Waals surface area contributed by atoms with Gasteiger partial charge >= 0.3 is 5.97 Å². The summed E-state index contributed by atoms with van der Waals surface area (Å²) >= 11 is 0. The monoisotopic (exact) mass is 438 g/mol. The van der Waals surface area contributed by atoms with E-state index in [2.05, 4.69) is 4.98 Å². The van der Waals surface area contributed by atoms with E-state index in [4.69, 9.17) is 10.2 Å². The molecule has 1 atom stereocenters. The molecule has 1 amide bonds. The predicted molar refractivity (Wildman–Crippen MR) is 123 cm³/mol. The minimum Gasteiger partial charge on any atom is -0.459 e. The Labute approximate surface area is 192 Å². The third-order valence-electron chi connectivity index (χ3n) is 5.65. The summed E-state index contributed by atoms with van der Waals surface area (Å²) in [7, 11) is 0. The second-order valence-corrected chi connectivity index (χ2v) is 8.69. The van der Waals surface area contributed by atoms with Crippen molar-refractivity contribution in [1.82, 2.24) is 9.88 Å². The molecule has 1 unspecified atom stereocenters. The summed E-state index contributed by atoms with van der Waals surface area (Å²) in [5.41, 5.74) is 1.57. The van der Waals surface area contributed by atoms with Crippen LogP contribution in [0.4, 0.5) is 4.39 Å². The van der Waals surface area contributed by atoms with Crippen LogP contribution in [0.15, 0.2) is 48.7 Å². The summed E-state index contributed by atoms with van der Waals surface area (Å²) in [4.78, 5) is 31.4. The van der Waals surface area contributed by atoms with E-state index < -0.39 is 36.0 Å². The lowest BCUT2D eigenvalue weighted by atomic mass is 9.81. The van der Waals surface area contributed by atoms with E-state index in [1.165, 1.54) is 23.2 Å². The van der Waals surface area contributed by atoms with Gasteiger partial charge in [0.1, 0.15) is 5.82 Å². The van der Waals surface area contributed by atoms with Crippen LogP contribution in [-0.4, -0.2) is 34.4 Å². The Balaban J connectivity index is 1.89. The van der Waals surface area contributed by atoms with Gasteiger partial charge in [-0.2, -0.15) is 0 Å². The average molecular weight is 439 g/mol. The number of carbonyl (C=O) groups excluding carboxylic acids is 2. The van der Waals surface area contributed by atoms with E-state index in [1.54, 1.807) is 6.92 Å². The maximum Gasteiger partial charge on any atom is 0.342 e. The molecule has 0 radical (unpaired) electrons. The molecular weight excluding hydrogens is 407 g/mol. The van der Waals surface area contributed by atoms with Crippen molar-refractivity contribution in [2.45, 2.75) is 46.0 Å². The first kappa shape index (κ1) is 17.2. The quantitative estimate of drug-likeness (QED) is 0.562. The van der Waals surface area contributed by atoms with Crippen molar-refractivity contribution in [3.8, 4) is 0 Å². The second-order valence-electron chi connectivity index (χ2n) is 8.69. The molecule has 0 fully saturated rings. The number of esters is 1. The van der Waals surface area contributed by atoms with Crippen molar-refractivity contribution >= 4 is 28.4 Å². The van der Waals surface area contributed by atoms with E-state index >= 15 is 0 Å². The zero-order valence-corrected chi connectivity index (χ0v) is 18.4. The standard InChI is InChI=1S/C26H27FN2O3/c1-15(2)32-25(31)19-13-29(24(30)17-11-10-16(3)20(27)12-17)14-26(4,5)22-18-8-6-7-9-21(18)28-23(19)22/h6-13,15,28H,14H2,1-5H3/i1D3,15D. The first-order chi connectivity index (χ1) is 16.6. The van der Waals surface area contributed by atoms with Gasteiger partial charge in [-0.1, -0.05) is 38.1 Å². The Hall–Kier alpha value is -3.41. The van der Waals surface area contributed by atoms with Gasteiger partial charge in [-0.25, -0.2) is 9.18 Å². The number of rotatable bonds is 3. The number of hydrogen-bond acceptors (Lipinski definition) is 3. The Bertz CT molecular complexity index is 1410. The Kier molecular flexibility index (Phi) is 4.26. The lowest BCUT2D eigenvalue weighted by molar-refractivity contribution is -0.140. The van der Waals surface area contributed by atoms with Crippen LogP contribution in [0.5, 0.6) is 0 Å².